The fourth-order valence-corrected chi connectivity index (χ4v) is 4.56. The van der Waals surface area contributed by atoms with Gasteiger partial charge >= 0.3 is 5.97 Å². The molecule has 2 aliphatic heterocycles. The first-order chi connectivity index (χ1) is 14.0. The van der Waals surface area contributed by atoms with Crippen LogP contribution in [0.2, 0.25) is 5.02 Å². The van der Waals surface area contributed by atoms with Crippen LogP contribution in [0.4, 0.5) is 0 Å². The molecule has 2 aromatic carbocycles. The summed E-state index contributed by atoms with van der Waals surface area (Å²) in [7, 11) is 3.81. The molecule has 4 nitrogen and oxygen atoms in total. The molecule has 0 aromatic heterocycles. The van der Waals surface area contributed by atoms with Gasteiger partial charge in [-0.2, -0.15) is 0 Å². The van der Waals surface area contributed by atoms with Crippen LogP contribution >= 0.6 is 24.0 Å². The Hall–Kier alpha value is -2.01. The lowest BCUT2D eigenvalue weighted by Crippen LogP contribution is -2.43. The Bertz CT molecular complexity index is 882. The molecule has 0 radical (unpaired) electrons. The van der Waals surface area contributed by atoms with Crippen molar-refractivity contribution in [2.24, 2.45) is 0 Å². The van der Waals surface area contributed by atoms with E-state index in [1.54, 1.807) is 7.11 Å². The van der Waals surface area contributed by atoms with Gasteiger partial charge in [0.05, 0.1) is 12.7 Å². The topological polar surface area (TPSA) is 38.8 Å². The first-order valence-electron chi connectivity index (χ1n) is 10.1. The summed E-state index contributed by atoms with van der Waals surface area (Å²) >= 11 is 6.00. The highest BCUT2D eigenvalue weighted by Crippen LogP contribution is 2.36. The van der Waals surface area contributed by atoms with Crippen molar-refractivity contribution in [3.05, 3.63) is 64.7 Å². The fraction of sp³-hybridized carbons (Fsp3) is 0.375. The van der Waals surface area contributed by atoms with Crippen LogP contribution < -0.4 is 4.74 Å². The summed E-state index contributed by atoms with van der Waals surface area (Å²) in [4.78, 5) is 15.6. The third kappa shape index (κ3) is 5.00. The van der Waals surface area contributed by atoms with E-state index in [9.17, 15) is 4.79 Å². The summed E-state index contributed by atoms with van der Waals surface area (Å²) in [6, 6.07) is 16.0. The number of methoxy groups -OCH3 is 1. The van der Waals surface area contributed by atoms with E-state index in [1.807, 2.05) is 54.6 Å². The molecule has 3 atom stereocenters. The van der Waals surface area contributed by atoms with Crippen molar-refractivity contribution in [1.82, 2.24) is 4.90 Å². The Morgan fingerprint density at radius 2 is 1.63 bits per heavy atom. The maximum atomic E-state index is 13.2. The van der Waals surface area contributed by atoms with Crippen molar-refractivity contribution in [2.75, 3.05) is 14.2 Å². The van der Waals surface area contributed by atoms with E-state index in [0.717, 1.165) is 29.7 Å². The normalized spacial score (nSPS) is 23.6. The predicted octanol–water partition coefficient (Wildman–Crippen LogP) is 5.48. The number of nitrogens with zero attached hydrogens (tertiary/aromatic N) is 1. The van der Waals surface area contributed by atoms with Crippen molar-refractivity contribution >= 4 is 41.6 Å². The molecule has 2 aliphatic rings. The summed E-state index contributed by atoms with van der Waals surface area (Å²) < 4.78 is 11.2. The van der Waals surface area contributed by atoms with Gasteiger partial charge in [0.2, 0.25) is 0 Å². The van der Waals surface area contributed by atoms with Gasteiger partial charge in [0.1, 0.15) is 11.9 Å². The number of piperidine rings is 1. The Morgan fingerprint density at radius 3 is 2.20 bits per heavy atom. The number of halogens is 2. The predicted molar refractivity (Wildman–Crippen MR) is 123 cm³/mol. The molecule has 0 aliphatic carbocycles. The van der Waals surface area contributed by atoms with Crippen molar-refractivity contribution < 1.29 is 14.3 Å². The number of carbonyl (C=O) groups is 1. The lowest BCUT2D eigenvalue weighted by molar-refractivity contribution is -0.144. The number of ether oxygens (including phenoxy) is 2. The average Bonchev–Trinajstić information content (AvgIpc) is 2.94. The summed E-state index contributed by atoms with van der Waals surface area (Å²) in [5.41, 5.74) is 2.25. The summed E-state index contributed by atoms with van der Waals surface area (Å²) in [6.07, 6.45) is 6.06. The number of hydrogen-bond donors (Lipinski definition) is 0. The monoisotopic (exact) mass is 447 g/mol. The summed E-state index contributed by atoms with van der Waals surface area (Å²) in [6.45, 7) is 0. The lowest BCUT2D eigenvalue weighted by atomic mass is 9.99. The molecule has 2 heterocycles. The van der Waals surface area contributed by atoms with Gasteiger partial charge in [-0.3, -0.25) is 0 Å². The van der Waals surface area contributed by atoms with Gasteiger partial charge < -0.3 is 14.4 Å². The molecule has 0 amide bonds. The Labute approximate surface area is 189 Å². The minimum Gasteiger partial charge on any atom is -0.497 e. The highest BCUT2D eigenvalue weighted by Gasteiger charge is 2.40. The van der Waals surface area contributed by atoms with Gasteiger partial charge in [0.25, 0.3) is 0 Å². The zero-order valence-corrected chi connectivity index (χ0v) is 18.8. The van der Waals surface area contributed by atoms with Gasteiger partial charge in [-0.1, -0.05) is 35.9 Å². The van der Waals surface area contributed by atoms with Crippen LogP contribution in [-0.4, -0.2) is 43.2 Å². The molecule has 0 N–H and O–H groups in total. The quantitative estimate of drug-likeness (QED) is 0.345. The second kappa shape index (κ2) is 9.86. The first-order valence-corrected chi connectivity index (χ1v) is 10.5. The minimum atomic E-state index is -0.279. The number of rotatable bonds is 5. The number of esters is 1. The van der Waals surface area contributed by atoms with Crippen LogP contribution in [0.25, 0.3) is 11.6 Å². The van der Waals surface area contributed by atoms with Crippen LogP contribution in [0.5, 0.6) is 5.75 Å². The second-order valence-electron chi connectivity index (χ2n) is 7.89. The van der Waals surface area contributed by atoms with E-state index in [-0.39, 0.29) is 24.5 Å². The molecule has 160 valence electrons. The first kappa shape index (κ1) is 22.7. The second-order valence-corrected chi connectivity index (χ2v) is 8.32. The molecule has 6 heteroatoms. The summed E-state index contributed by atoms with van der Waals surface area (Å²) in [5.74, 6) is 0.471. The van der Waals surface area contributed by atoms with E-state index in [4.69, 9.17) is 21.1 Å². The molecule has 2 bridgehead atoms. The number of hydrogen-bond acceptors (Lipinski definition) is 4. The minimum absolute atomic E-state index is 0. The molecule has 0 spiro atoms. The standard InChI is InChI=1S/C24H26ClNO3.ClH/c1-26-19-9-10-20(26)15-22(14-19)29-24(27)23(13-16-3-7-18(25)8-4-16)17-5-11-21(28-2)12-6-17;/h3-8,11-13,19-20,22H,9-10,14-15H2,1-2H3;1H/b23-13+;/t19-,20+,22?;. The highest BCUT2D eigenvalue weighted by molar-refractivity contribution is 6.30. The fourth-order valence-electron chi connectivity index (χ4n) is 4.43. The Balaban J connectivity index is 0.00000256. The van der Waals surface area contributed by atoms with Crippen LogP contribution in [0.15, 0.2) is 48.5 Å². The van der Waals surface area contributed by atoms with E-state index in [2.05, 4.69) is 11.9 Å². The maximum absolute atomic E-state index is 13.2. The molecule has 2 fully saturated rings. The van der Waals surface area contributed by atoms with E-state index in [1.165, 1.54) is 12.8 Å². The van der Waals surface area contributed by atoms with Crippen LogP contribution in [0, 0.1) is 0 Å². The van der Waals surface area contributed by atoms with Gasteiger partial charge in [0, 0.05) is 29.9 Å². The zero-order chi connectivity index (χ0) is 20.4. The van der Waals surface area contributed by atoms with Gasteiger partial charge in [0.15, 0.2) is 0 Å². The van der Waals surface area contributed by atoms with Crippen LogP contribution in [-0.2, 0) is 9.53 Å². The molecule has 2 aromatic rings. The van der Waals surface area contributed by atoms with Gasteiger partial charge in [-0.15, -0.1) is 12.4 Å². The van der Waals surface area contributed by atoms with Gasteiger partial charge in [-0.25, -0.2) is 4.79 Å². The highest BCUT2D eigenvalue weighted by atomic mass is 35.5. The molecule has 0 saturated carbocycles. The molecular formula is C24H27Cl2NO3. The van der Waals surface area contributed by atoms with E-state index < -0.39 is 0 Å². The van der Waals surface area contributed by atoms with Crippen molar-refractivity contribution in [3.8, 4) is 5.75 Å². The maximum Gasteiger partial charge on any atom is 0.339 e. The van der Waals surface area contributed by atoms with E-state index >= 15 is 0 Å². The molecule has 2 saturated heterocycles. The average molecular weight is 448 g/mol. The molecular weight excluding hydrogens is 421 g/mol. The SMILES string of the molecule is COc1ccc(/C(=C\c2ccc(Cl)cc2)C(=O)OC2C[C@H]3CC[C@@H](C2)N3C)cc1.Cl. The summed E-state index contributed by atoms with van der Waals surface area (Å²) in [5, 5.41) is 0.664. The van der Waals surface area contributed by atoms with Crippen LogP contribution in [0.1, 0.15) is 36.8 Å². The van der Waals surface area contributed by atoms with Crippen molar-refractivity contribution in [2.45, 2.75) is 43.9 Å². The third-order valence-corrected chi connectivity index (χ3v) is 6.38. The number of benzene rings is 2. The van der Waals surface area contributed by atoms with E-state index in [0.29, 0.717) is 22.7 Å². The zero-order valence-electron chi connectivity index (χ0n) is 17.2. The Kier molecular flexibility index (Phi) is 7.45. The number of carbonyl (C=O) groups excluding carboxylic acids is 1. The largest absolute Gasteiger partial charge is 0.497 e. The number of fused-ring (bicyclic) bond motifs is 2. The Morgan fingerprint density at radius 1 is 1.03 bits per heavy atom. The molecule has 4 rings (SSSR count). The van der Waals surface area contributed by atoms with Crippen molar-refractivity contribution in [1.29, 1.82) is 0 Å². The van der Waals surface area contributed by atoms with Gasteiger partial charge in [-0.05, 0) is 61.4 Å². The molecule has 1 unspecified atom stereocenters. The lowest BCUT2D eigenvalue weighted by Gasteiger charge is -2.35. The smallest absolute Gasteiger partial charge is 0.339 e. The molecule has 30 heavy (non-hydrogen) atoms. The third-order valence-electron chi connectivity index (χ3n) is 6.13. The van der Waals surface area contributed by atoms with Crippen LogP contribution in [0.3, 0.4) is 0 Å². The van der Waals surface area contributed by atoms with Crippen molar-refractivity contribution in [3.63, 3.8) is 0 Å².